The molecule has 1 aliphatic rings. The zero-order valence-electron chi connectivity index (χ0n) is 9.85. The molecular formula is C13H18FNO. The molecule has 0 aliphatic heterocycles. The number of aryl methyl sites for hydroxylation is 1. The summed E-state index contributed by atoms with van der Waals surface area (Å²) in [5, 5.41) is 0. The Morgan fingerprint density at radius 3 is 2.50 bits per heavy atom. The summed E-state index contributed by atoms with van der Waals surface area (Å²) in [6.07, 6.45) is 4.03. The third-order valence-electron chi connectivity index (χ3n) is 3.51. The summed E-state index contributed by atoms with van der Waals surface area (Å²) in [5.41, 5.74) is 7.34. The quantitative estimate of drug-likeness (QED) is 0.836. The lowest BCUT2D eigenvalue weighted by Gasteiger charge is -2.26. The highest BCUT2D eigenvalue weighted by molar-refractivity contribution is 5.43. The lowest BCUT2D eigenvalue weighted by atomic mass is 9.88. The number of methoxy groups -OCH3 is 1. The molecule has 1 aromatic rings. The van der Waals surface area contributed by atoms with Crippen LogP contribution in [-0.2, 0) is 5.54 Å². The maximum absolute atomic E-state index is 13.6. The average Bonchev–Trinajstić information content (AvgIpc) is 2.69. The molecule has 2 N–H and O–H groups in total. The van der Waals surface area contributed by atoms with Gasteiger partial charge in [0.1, 0.15) is 11.6 Å². The van der Waals surface area contributed by atoms with Gasteiger partial charge >= 0.3 is 0 Å². The van der Waals surface area contributed by atoms with Crippen LogP contribution in [-0.4, -0.2) is 7.11 Å². The number of halogens is 1. The molecule has 0 aromatic heterocycles. The lowest BCUT2D eigenvalue weighted by Crippen LogP contribution is -2.33. The van der Waals surface area contributed by atoms with Crippen LogP contribution in [0.5, 0.6) is 5.75 Å². The Labute approximate surface area is 95.6 Å². The lowest BCUT2D eigenvalue weighted by molar-refractivity contribution is 0.376. The fourth-order valence-electron chi connectivity index (χ4n) is 2.49. The second-order valence-electron chi connectivity index (χ2n) is 4.66. The van der Waals surface area contributed by atoms with Gasteiger partial charge in [-0.15, -0.1) is 0 Å². The first-order chi connectivity index (χ1) is 7.57. The average molecular weight is 223 g/mol. The molecule has 0 bridgehead atoms. The van der Waals surface area contributed by atoms with Crippen molar-refractivity contribution in [1.82, 2.24) is 0 Å². The molecule has 88 valence electrons. The Bertz CT molecular complexity index is 397. The third kappa shape index (κ3) is 1.80. The number of rotatable bonds is 2. The summed E-state index contributed by atoms with van der Waals surface area (Å²) in [6, 6.07) is 3.27. The van der Waals surface area contributed by atoms with Crippen LogP contribution in [0, 0.1) is 12.7 Å². The SMILES string of the molecule is COc1cc(C)c(F)cc1C1(N)CCCC1. The Balaban J connectivity index is 2.50. The molecule has 1 aromatic carbocycles. The molecule has 1 aliphatic carbocycles. The number of nitrogens with two attached hydrogens (primary N) is 1. The minimum atomic E-state index is -0.403. The fraction of sp³-hybridized carbons (Fsp3) is 0.538. The van der Waals surface area contributed by atoms with Crippen LogP contribution >= 0.6 is 0 Å². The highest BCUT2D eigenvalue weighted by Crippen LogP contribution is 2.41. The highest BCUT2D eigenvalue weighted by atomic mass is 19.1. The van der Waals surface area contributed by atoms with Crippen molar-refractivity contribution in [2.75, 3.05) is 7.11 Å². The van der Waals surface area contributed by atoms with Crippen molar-refractivity contribution < 1.29 is 9.13 Å². The maximum Gasteiger partial charge on any atom is 0.126 e. The van der Waals surface area contributed by atoms with Gasteiger partial charge in [-0.1, -0.05) is 12.8 Å². The monoisotopic (exact) mass is 223 g/mol. The number of benzene rings is 1. The summed E-state index contributed by atoms with van der Waals surface area (Å²) in [7, 11) is 1.61. The van der Waals surface area contributed by atoms with Gasteiger partial charge in [-0.3, -0.25) is 0 Å². The molecule has 0 atom stereocenters. The first kappa shape index (κ1) is 11.4. The maximum atomic E-state index is 13.6. The van der Waals surface area contributed by atoms with E-state index in [9.17, 15) is 4.39 Å². The van der Waals surface area contributed by atoms with Gasteiger partial charge in [0.25, 0.3) is 0 Å². The summed E-state index contributed by atoms with van der Waals surface area (Å²) in [4.78, 5) is 0. The van der Waals surface area contributed by atoms with Crippen molar-refractivity contribution in [3.05, 3.63) is 29.1 Å². The number of hydrogen-bond donors (Lipinski definition) is 1. The molecular weight excluding hydrogens is 205 g/mol. The van der Waals surface area contributed by atoms with Crippen molar-refractivity contribution >= 4 is 0 Å². The Kier molecular flexibility index (Phi) is 2.89. The van der Waals surface area contributed by atoms with Crippen molar-refractivity contribution in [2.24, 2.45) is 5.73 Å². The van der Waals surface area contributed by atoms with Crippen LogP contribution in [0.1, 0.15) is 36.8 Å². The van der Waals surface area contributed by atoms with Gasteiger partial charge in [0.05, 0.1) is 7.11 Å². The van der Waals surface area contributed by atoms with Crippen molar-refractivity contribution in [3.63, 3.8) is 0 Å². The molecule has 2 nitrogen and oxygen atoms in total. The van der Waals surface area contributed by atoms with E-state index in [1.54, 1.807) is 26.2 Å². The van der Waals surface area contributed by atoms with Crippen LogP contribution in [0.15, 0.2) is 12.1 Å². The molecule has 2 rings (SSSR count). The van der Waals surface area contributed by atoms with E-state index in [1.807, 2.05) is 0 Å². The zero-order chi connectivity index (χ0) is 11.8. The predicted octanol–water partition coefficient (Wildman–Crippen LogP) is 2.87. The molecule has 16 heavy (non-hydrogen) atoms. The fourth-order valence-corrected chi connectivity index (χ4v) is 2.49. The molecule has 0 radical (unpaired) electrons. The predicted molar refractivity (Wildman–Crippen MR) is 62.0 cm³/mol. The number of hydrogen-bond acceptors (Lipinski definition) is 2. The van der Waals surface area contributed by atoms with Crippen molar-refractivity contribution in [2.45, 2.75) is 38.1 Å². The molecule has 0 heterocycles. The van der Waals surface area contributed by atoms with Crippen molar-refractivity contribution in [3.8, 4) is 5.75 Å². The van der Waals surface area contributed by atoms with E-state index in [1.165, 1.54) is 0 Å². The van der Waals surface area contributed by atoms with Crippen LogP contribution in [0.2, 0.25) is 0 Å². The minimum absolute atomic E-state index is 0.201. The van der Waals surface area contributed by atoms with Crippen LogP contribution in [0.25, 0.3) is 0 Å². The van der Waals surface area contributed by atoms with Crippen LogP contribution in [0.3, 0.4) is 0 Å². The van der Waals surface area contributed by atoms with Crippen LogP contribution < -0.4 is 10.5 Å². The van der Waals surface area contributed by atoms with Gasteiger partial charge in [0.2, 0.25) is 0 Å². The molecule has 0 amide bonds. The number of ether oxygens (including phenoxy) is 1. The zero-order valence-corrected chi connectivity index (χ0v) is 9.85. The molecule has 0 saturated heterocycles. The van der Waals surface area contributed by atoms with E-state index < -0.39 is 5.54 Å². The standard InChI is InChI=1S/C13H18FNO/c1-9-7-12(16-2)10(8-11(9)14)13(15)5-3-4-6-13/h7-8H,3-6,15H2,1-2H3. The van der Waals surface area contributed by atoms with Crippen LogP contribution in [0.4, 0.5) is 4.39 Å². The van der Waals surface area contributed by atoms with Gasteiger partial charge in [0, 0.05) is 11.1 Å². The third-order valence-corrected chi connectivity index (χ3v) is 3.51. The van der Waals surface area contributed by atoms with Gasteiger partial charge in [0.15, 0.2) is 0 Å². The van der Waals surface area contributed by atoms with E-state index >= 15 is 0 Å². The van der Waals surface area contributed by atoms with Gasteiger partial charge < -0.3 is 10.5 Å². The highest BCUT2D eigenvalue weighted by Gasteiger charge is 2.34. The molecule has 3 heteroatoms. The van der Waals surface area contributed by atoms with E-state index in [0.717, 1.165) is 31.2 Å². The Hall–Kier alpha value is -1.09. The summed E-state index contributed by atoms with van der Waals surface area (Å²) >= 11 is 0. The molecule has 0 spiro atoms. The summed E-state index contributed by atoms with van der Waals surface area (Å²) < 4.78 is 18.9. The van der Waals surface area contributed by atoms with Gasteiger partial charge in [-0.05, 0) is 37.5 Å². The van der Waals surface area contributed by atoms with Gasteiger partial charge in [-0.2, -0.15) is 0 Å². The molecule has 1 saturated carbocycles. The van der Waals surface area contributed by atoms with E-state index in [2.05, 4.69) is 0 Å². The summed E-state index contributed by atoms with van der Waals surface area (Å²) in [5.74, 6) is 0.510. The van der Waals surface area contributed by atoms with Crippen molar-refractivity contribution in [1.29, 1.82) is 0 Å². The van der Waals surface area contributed by atoms with E-state index in [0.29, 0.717) is 11.3 Å². The Morgan fingerprint density at radius 1 is 1.31 bits per heavy atom. The Morgan fingerprint density at radius 2 is 1.94 bits per heavy atom. The summed E-state index contributed by atoms with van der Waals surface area (Å²) in [6.45, 7) is 1.74. The second kappa shape index (κ2) is 4.06. The topological polar surface area (TPSA) is 35.2 Å². The van der Waals surface area contributed by atoms with E-state index in [4.69, 9.17) is 10.5 Å². The smallest absolute Gasteiger partial charge is 0.126 e. The molecule has 1 fully saturated rings. The minimum Gasteiger partial charge on any atom is -0.496 e. The van der Waals surface area contributed by atoms with Gasteiger partial charge in [-0.25, -0.2) is 4.39 Å². The largest absolute Gasteiger partial charge is 0.496 e. The first-order valence-electron chi connectivity index (χ1n) is 5.70. The normalized spacial score (nSPS) is 18.8. The second-order valence-corrected chi connectivity index (χ2v) is 4.66. The van der Waals surface area contributed by atoms with E-state index in [-0.39, 0.29) is 5.82 Å². The first-order valence-corrected chi connectivity index (χ1v) is 5.70. The molecule has 0 unspecified atom stereocenters.